The number of aromatic nitrogens is 1. The Kier molecular flexibility index (Phi) is 9.13. The number of hydrogen-bond donors (Lipinski definition) is 3. The van der Waals surface area contributed by atoms with Crippen molar-refractivity contribution in [2.75, 3.05) is 45.2 Å². The van der Waals surface area contributed by atoms with E-state index in [9.17, 15) is 26.3 Å². The topological polar surface area (TPSA) is 155 Å². The number of rotatable bonds is 11. The molecule has 3 N–H and O–H groups in total. The normalized spacial score (nSPS) is 20.2. The number of benzene rings is 2. The number of sulfonamides is 1. The molecule has 2 fully saturated rings. The van der Waals surface area contributed by atoms with Gasteiger partial charge in [-0.15, -0.1) is 0 Å². The molecule has 3 heterocycles. The van der Waals surface area contributed by atoms with Crippen LogP contribution in [0.2, 0.25) is 0 Å². The van der Waals surface area contributed by atoms with Gasteiger partial charge in [0.05, 0.1) is 35.0 Å². The number of nitrogens with one attached hydrogen (secondary N) is 1. The third kappa shape index (κ3) is 6.91. The van der Waals surface area contributed by atoms with E-state index in [4.69, 9.17) is 14.6 Å². The smallest absolute Gasteiger partial charge is 0.244 e. The van der Waals surface area contributed by atoms with Gasteiger partial charge in [0.25, 0.3) is 0 Å². The highest BCUT2D eigenvalue weighted by Crippen LogP contribution is 2.37. The molecule has 1 spiro atoms. The van der Waals surface area contributed by atoms with Crippen LogP contribution >= 0.6 is 0 Å². The van der Waals surface area contributed by atoms with Crippen molar-refractivity contribution in [2.24, 2.45) is 0 Å². The van der Waals surface area contributed by atoms with Crippen LogP contribution < -0.4 is 10.1 Å². The maximum atomic E-state index is 13.9. The van der Waals surface area contributed by atoms with E-state index in [1.165, 1.54) is 10.5 Å². The average molecular weight is 624 g/mol. The Morgan fingerprint density at radius 2 is 1.88 bits per heavy atom. The minimum Gasteiger partial charge on any atom is -0.491 e. The van der Waals surface area contributed by atoms with Gasteiger partial charge >= 0.3 is 0 Å². The third-order valence-corrected chi connectivity index (χ3v) is 11.2. The van der Waals surface area contributed by atoms with Crippen molar-refractivity contribution in [2.45, 2.75) is 46.8 Å². The summed E-state index contributed by atoms with van der Waals surface area (Å²) in [5.41, 5.74) is 0.279. The lowest BCUT2D eigenvalue weighted by molar-refractivity contribution is -0.0312. The average Bonchev–Trinajstić information content (AvgIpc) is 3.36. The fourth-order valence-electron chi connectivity index (χ4n) is 5.39. The largest absolute Gasteiger partial charge is 0.491 e. The first-order valence-electron chi connectivity index (χ1n) is 13.7. The van der Waals surface area contributed by atoms with Gasteiger partial charge in [-0.05, 0) is 43.5 Å². The van der Waals surface area contributed by atoms with Crippen molar-refractivity contribution >= 4 is 30.8 Å². The number of hydrogen-bond acceptors (Lipinski definition) is 10. The number of aliphatic hydroxyl groups excluding tert-OH is 2. The van der Waals surface area contributed by atoms with Gasteiger partial charge in [0.1, 0.15) is 29.2 Å². The molecule has 2 aromatic carbocycles. The van der Waals surface area contributed by atoms with Crippen molar-refractivity contribution < 1.29 is 40.9 Å². The van der Waals surface area contributed by atoms with E-state index >= 15 is 0 Å². The van der Waals surface area contributed by atoms with Crippen molar-refractivity contribution in [1.82, 2.24) is 14.6 Å². The molecule has 228 valence electrons. The Balaban J connectivity index is 1.10. The van der Waals surface area contributed by atoms with Crippen LogP contribution in [0, 0.1) is 5.82 Å². The van der Waals surface area contributed by atoms with Gasteiger partial charge in [-0.2, -0.15) is 4.31 Å². The molecule has 2 aliphatic heterocycles. The highest BCUT2D eigenvalue weighted by atomic mass is 32.2. The number of halogens is 1. The summed E-state index contributed by atoms with van der Waals surface area (Å²) in [5, 5.41) is 23.4. The summed E-state index contributed by atoms with van der Waals surface area (Å²) in [6.07, 6.45) is 2.17. The summed E-state index contributed by atoms with van der Waals surface area (Å²) in [5.74, 6) is -1.39. The first kappa shape index (κ1) is 30.7. The van der Waals surface area contributed by atoms with Gasteiger partial charge in [0, 0.05) is 43.3 Å². The van der Waals surface area contributed by atoms with E-state index < -0.39 is 49.7 Å². The zero-order valence-corrected chi connectivity index (χ0v) is 24.5. The van der Waals surface area contributed by atoms with E-state index in [1.54, 1.807) is 6.07 Å². The van der Waals surface area contributed by atoms with Crippen LogP contribution in [0.25, 0.3) is 10.9 Å². The minimum atomic E-state index is -3.86. The lowest BCUT2D eigenvalue weighted by Crippen LogP contribution is -2.47. The van der Waals surface area contributed by atoms with Gasteiger partial charge < -0.3 is 25.0 Å². The fourth-order valence-corrected chi connectivity index (χ4v) is 7.88. The number of piperidine rings is 1. The lowest BCUT2D eigenvalue weighted by atomic mass is 9.88. The molecule has 3 aromatic rings. The number of aliphatic hydroxyl groups is 2. The Morgan fingerprint density at radius 3 is 2.64 bits per heavy atom. The highest BCUT2D eigenvalue weighted by molar-refractivity contribution is 7.91. The molecule has 0 saturated carbocycles. The Labute approximate surface area is 244 Å². The van der Waals surface area contributed by atoms with Gasteiger partial charge in [0.15, 0.2) is 9.84 Å². The number of pyridine rings is 1. The van der Waals surface area contributed by atoms with Gasteiger partial charge in [-0.3, -0.25) is 4.98 Å². The minimum absolute atomic E-state index is 0.0464. The van der Waals surface area contributed by atoms with Crippen LogP contribution in [0.1, 0.15) is 19.3 Å². The number of fused-ring (bicyclic) bond motifs is 1. The summed E-state index contributed by atoms with van der Waals surface area (Å²) >= 11 is 0. The number of para-hydroxylation sites is 1. The molecule has 2 saturated heterocycles. The Hall–Kier alpha value is -2.72. The molecule has 11 nitrogen and oxygen atoms in total. The summed E-state index contributed by atoms with van der Waals surface area (Å²) < 4.78 is 77.8. The number of ether oxygens (including phenoxy) is 2. The van der Waals surface area contributed by atoms with E-state index in [0.29, 0.717) is 39.0 Å². The van der Waals surface area contributed by atoms with E-state index in [1.807, 2.05) is 24.3 Å². The Morgan fingerprint density at radius 1 is 1.12 bits per heavy atom. The zero-order chi connectivity index (χ0) is 30.0. The zero-order valence-electron chi connectivity index (χ0n) is 22.9. The molecule has 0 amide bonds. The van der Waals surface area contributed by atoms with Crippen LogP contribution in [0.5, 0.6) is 5.75 Å². The van der Waals surface area contributed by atoms with Crippen molar-refractivity contribution in [3.05, 3.63) is 60.5 Å². The molecule has 2 atom stereocenters. The summed E-state index contributed by atoms with van der Waals surface area (Å²) in [4.78, 5) is 4.16. The van der Waals surface area contributed by atoms with Crippen LogP contribution in [0.4, 0.5) is 4.39 Å². The van der Waals surface area contributed by atoms with Crippen LogP contribution in [-0.4, -0.2) is 99.3 Å². The Bertz CT molecular complexity index is 1630. The standard InChI is InChI=1S/C28H34FN3O8S2/c29-21-12-24(14-25(13-21)41(35,36)10-9-33)39-19-23(34)16-30-22-15-28(40-18-22)5-7-32(8-6-28)42(37,38)26-11-20-3-1-2-4-27(20)31-17-26/h1-4,11-14,17,22-23,30,33-34H,5-10,15-16,18-19H2. The first-order valence-corrected chi connectivity index (χ1v) is 16.8. The SMILES string of the molecule is O=S(=O)(CCO)c1cc(F)cc(OCC(O)CNC2COC3(CCN(S(=O)(=O)c4cnc5ccccc5c4)CC3)C2)c1. The second-order valence-electron chi connectivity index (χ2n) is 10.7. The van der Waals surface area contributed by atoms with Crippen LogP contribution in [0.15, 0.2) is 64.5 Å². The summed E-state index contributed by atoms with van der Waals surface area (Å²) in [6.45, 7) is 0.413. The molecule has 0 bridgehead atoms. The van der Waals surface area contributed by atoms with Gasteiger partial charge in [-0.1, -0.05) is 18.2 Å². The predicted molar refractivity (Wildman–Crippen MR) is 152 cm³/mol. The number of nitrogens with zero attached hydrogens (tertiary/aromatic N) is 2. The molecule has 1 aromatic heterocycles. The molecule has 0 radical (unpaired) electrons. The quantitative estimate of drug-likeness (QED) is 0.286. The lowest BCUT2D eigenvalue weighted by Gasteiger charge is -2.38. The molecular weight excluding hydrogens is 589 g/mol. The van der Waals surface area contributed by atoms with E-state index in [-0.39, 0.29) is 34.7 Å². The molecule has 0 aliphatic carbocycles. The highest BCUT2D eigenvalue weighted by Gasteiger charge is 2.44. The van der Waals surface area contributed by atoms with Crippen molar-refractivity contribution in [3.8, 4) is 5.75 Å². The van der Waals surface area contributed by atoms with Crippen molar-refractivity contribution in [3.63, 3.8) is 0 Å². The van der Waals surface area contributed by atoms with Gasteiger partial charge in [-0.25, -0.2) is 21.2 Å². The molecule has 2 unspecified atom stereocenters. The second-order valence-corrected chi connectivity index (χ2v) is 14.7. The van der Waals surface area contributed by atoms with Crippen LogP contribution in [0.3, 0.4) is 0 Å². The monoisotopic (exact) mass is 623 g/mol. The number of sulfone groups is 1. The van der Waals surface area contributed by atoms with E-state index in [2.05, 4.69) is 10.3 Å². The third-order valence-electron chi connectivity index (χ3n) is 7.69. The maximum absolute atomic E-state index is 13.9. The molecule has 5 rings (SSSR count). The predicted octanol–water partition coefficient (Wildman–Crippen LogP) is 1.48. The second kappa shape index (κ2) is 12.5. The molecule has 14 heteroatoms. The van der Waals surface area contributed by atoms with E-state index in [0.717, 1.165) is 29.1 Å². The first-order chi connectivity index (χ1) is 20.0. The maximum Gasteiger partial charge on any atom is 0.244 e. The molecule has 2 aliphatic rings. The van der Waals surface area contributed by atoms with Crippen LogP contribution in [-0.2, 0) is 24.6 Å². The van der Waals surface area contributed by atoms with Crippen molar-refractivity contribution in [1.29, 1.82) is 0 Å². The van der Waals surface area contributed by atoms with Gasteiger partial charge in [0.2, 0.25) is 10.0 Å². The molecule has 42 heavy (non-hydrogen) atoms. The summed E-state index contributed by atoms with van der Waals surface area (Å²) in [6, 6.07) is 12.0. The molecular formula is C28H34FN3O8S2. The fraction of sp³-hybridized carbons (Fsp3) is 0.464. The summed E-state index contributed by atoms with van der Waals surface area (Å²) in [7, 11) is -7.56.